The lowest BCUT2D eigenvalue weighted by molar-refractivity contribution is -0.123. The van der Waals surface area contributed by atoms with E-state index in [0.29, 0.717) is 18.9 Å². The zero-order valence-corrected chi connectivity index (χ0v) is 9.12. The highest BCUT2D eigenvalue weighted by atomic mass is 16.4. The molecule has 4 N–H and O–H groups in total. The Morgan fingerprint density at radius 3 is 2.47 bits per heavy atom. The highest BCUT2D eigenvalue weighted by molar-refractivity contribution is 5.74. The van der Waals surface area contributed by atoms with Crippen LogP contribution in [-0.2, 0) is 4.79 Å². The van der Waals surface area contributed by atoms with Gasteiger partial charge in [-0.2, -0.15) is 0 Å². The van der Waals surface area contributed by atoms with Crippen molar-refractivity contribution in [2.75, 3.05) is 6.54 Å². The third kappa shape index (κ3) is 2.61. The van der Waals surface area contributed by atoms with Gasteiger partial charge in [-0.25, -0.2) is 4.79 Å². The van der Waals surface area contributed by atoms with E-state index in [9.17, 15) is 9.59 Å². The van der Waals surface area contributed by atoms with E-state index in [1.807, 2.05) is 0 Å². The lowest BCUT2D eigenvalue weighted by Gasteiger charge is -2.52. The third-order valence-corrected chi connectivity index (χ3v) is 3.62. The predicted octanol–water partition coefficient (Wildman–Crippen LogP) is 0.792. The van der Waals surface area contributed by atoms with Crippen molar-refractivity contribution in [1.29, 1.82) is 0 Å². The second-order valence-electron chi connectivity index (χ2n) is 4.81. The number of hydrogen-bond acceptors (Lipinski definition) is 2. The van der Waals surface area contributed by atoms with Crippen LogP contribution in [-0.4, -0.2) is 23.7 Å². The SMILES string of the molecule is CC1(C)[C@@H](CNC(=O)O)C[C@@H]1CC(N)=O. The van der Waals surface area contributed by atoms with E-state index in [-0.39, 0.29) is 17.2 Å². The molecule has 0 aromatic rings. The average Bonchev–Trinajstić information content (AvgIpc) is 2.09. The van der Waals surface area contributed by atoms with Crippen LogP contribution in [0.25, 0.3) is 0 Å². The summed E-state index contributed by atoms with van der Waals surface area (Å²) in [4.78, 5) is 21.1. The second kappa shape index (κ2) is 4.08. The molecule has 1 aliphatic rings. The Hall–Kier alpha value is -1.26. The van der Waals surface area contributed by atoms with Crippen LogP contribution in [0.4, 0.5) is 4.79 Å². The molecule has 86 valence electrons. The molecule has 0 heterocycles. The summed E-state index contributed by atoms with van der Waals surface area (Å²) in [6.07, 6.45) is 0.274. The highest BCUT2D eigenvalue weighted by Crippen LogP contribution is 2.52. The molecule has 5 heteroatoms. The van der Waals surface area contributed by atoms with Gasteiger partial charge in [-0.05, 0) is 23.7 Å². The zero-order valence-electron chi connectivity index (χ0n) is 9.12. The Bertz CT molecular complexity index is 276. The Labute approximate surface area is 89.0 Å². The van der Waals surface area contributed by atoms with Gasteiger partial charge in [-0.1, -0.05) is 13.8 Å². The van der Waals surface area contributed by atoms with Gasteiger partial charge in [0.2, 0.25) is 5.91 Å². The molecule has 15 heavy (non-hydrogen) atoms. The summed E-state index contributed by atoms with van der Waals surface area (Å²) in [5.41, 5.74) is 5.14. The van der Waals surface area contributed by atoms with Crippen LogP contribution in [0.15, 0.2) is 0 Å². The molecular weight excluding hydrogens is 196 g/mol. The van der Waals surface area contributed by atoms with Crippen LogP contribution in [0.5, 0.6) is 0 Å². The fourth-order valence-electron chi connectivity index (χ4n) is 2.27. The number of hydrogen-bond donors (Lipinski definition) is 3. The zero-order chi connectivity index (χ0) is 11.6. The van der Waals surface area contributed by atoms with Crippen molar-refractivity contribution in [3.63, 3.8) is 0 Å². The first-order valence-corrected chi connectivity index (χ1v) is 5.09. The molecule has 1 aliphatic carbocycles. The topological polar surface area (TPSA) is 92.4 Å². The van der Waals surface area contributed by atoms with Gasteiger partial charge >= 0.3 is 6.09 Å². The van der Waals surface area contributed by atoms with Crippen molar-refractivity contribution >= 4 is 12.0 Å². The van der Waals surface area contributed by atoms with Gasteiger partial charge in [0.05, 0.1) is 0 Å². The number of nitrogens with two attached hydrogens (primary N) is 1. The van der Waals surface area contributed by atoms with Gasteiger partial charge in [0, 0.05) is 13.0 Å². The molecule has 0 aliphatic heterocycles. The molecule has 2 amide bonds. The van der Waals surface area contributed by atoms with E-state index >= 15 is 0 Å². The number of nitrogens with one attached hydrogen (secondary N) is 1. The number of rotatable bonds is 4. The van der Waals surface area contributed by atoms with Crippen molar-refractivity contribution in [1.82, 2.24) is 5.32 Å². The minimum atomic E-state index is -0.996. The van der Waals surface area contributed by atoms with E-state index in [1.54, 1.807) is 0 Å². The molecule has 1 saturated carbocycles. The molecular formula is C10H18N2O3. The smallest absolute Gasteiger partial charge is 0.404 e. The summed E-state index contributed by atoms with van der Waals surface area (Å²) in [6.45, 7) is 4.56. The molecule has 0 unspecified atom stereocenters. The second-order valence-corrected chi connectivity index (χ2v) is 4.81. The summed E-state index contributed by atoms with van der Waals surface area (Å²) < 4.78 is 0. The van der Waals surface area contributed by atoms with Crippen molar-refractivity contribution in [3.05, 3.63) is 0 Å². The van der Waals surface area contributed by atoms with Crippen molar-refractivity contribution < 1.29 is 14.7 Å². The predicted molar refractivity (Wildman–Crippen MR) is 55.2 cm³/mol. The summed E-state index contributed by atoms with van der Waals surface area (Å²) in [7, 11) is 0. The summed E-state index contributed by atoms with van der Waals surface area (Å²) in [6, 6.07) is 0. The number of carbonyl (C=O) groups is 2. The quantitative estimate of drug-likeness (QED) is 0.646. The first-order chi connectivity index (χ1) is 6.84. The molecule has 5 nitrogen and oxygen atoms in total. The minimum absolute atomic E-state index is 0.00250. The summed E-state index contributed by atoms with van der Waals surface area (Å²) >= 11 is 0. The van der Waals surface area contributed by atoms with Crippen LogP contribution in [0.3, 0.4) is 0 Å². The molecule has 0 aromatic carbocycles. The van der Waals surface area contributed by atoms with Gasteiger partial charge in [-0.3, -0.25) is 4.79 Å². The maximum Gasteiger partial charge on any atom is 0.404 e. The fourth-order valence-corrected chi connectivity index (χ4v) is 2.27. The molecule has 0 bridgehead atoms. The van der Waals surface area contributed by atoms with E-state index in [1.165, 1.54) is 0 Å². The van der Waals surface area contributed by atoms with Crippen LogP contribution >= 0.6 is 0 Å². The van der Waals surface area contributed by atoms with Gasteiger partial charge in [-0.15, -0.1) is 0 Å². The van der Waals surface area contributed by atoms with Crippen LogP contribution in [0.1, 0.15) is 26.7 Å². The summed E-state index contributed by atoms with van der Waals surface area (Å²) in [5, 5.41) is 10.9. The molecule has 0 saturated heterocycles. The molecule has 2 atom stereocenters. The van der Waals surface area contributed by atoms with E-state index in [4.69, 9.17) is 10.8 Å². The summed E-state index contributed by atoms with van der Waals surface area (Å²) in [5.74, 6) is 0.311. The minimum Gasteiger partial charge on any atom is -0.465 e. The lowest BCUT2D eigenvalue weighted by atomic mass is 9.54. The Balaban J connectivity index is 2.41. The van der Waals surface area contributed by atoms with Crippen molar-refractivity contribution in [3.8, 4) is 0 Å². The Morgan fingerprint density at radius 2 is 2.07 bits per heavy atom. The van der Waals surface area contributed by atoms with E-state index < -0.39 is 6.09 Å². The van der Waals surface area contributed by atoms with Crippen LogP contribution in [0.2, 0.25) is 0 Å². The average molecular weight is 214 g/mol. The van der Waals surface area contributed by atoms with E-state index in [0.717, 1.165) is 6.42 Å². The van der Waals surface area contributed by atoms with Gasteiger partial charge in [0.25, 0.3) is 0 Å². The first-order valence-electron chi connectivity index (χ1n) is 5.09. The number of primary amides is 1. The van der Waals surface area contributed by atoms with Crippen LogP contribution in [0, 0.1) is 17.3 Å². The first kappa shape index (κ1) is 11.8. The molecule has 0 radical (unpaired) electrons. The normalized spacial score (nSPS) is 27.9. The standard InChI is InChI=1S/C10H18N2O3/c1-10(2)6(4-8(11)13)3-7(10)5-12-9(14)15/h6-7,12H,3-5H2,1-2H3,(H2,11,13)(H,14,15)/t6-,7-/m1/s1. The van der Waals surface area contributed by atoms with Gasteiger partial charge in [0.15, 0.2) is 0 Å². The lowest BCUT2D eigenvalue weighted by Crippen LogP contribution is -2.50. The maximum atomic E-state index is 10.8. The van der Waals surface area contributed by atoms with Gasteiger partial charge in [0.1, 0.15) is 0 Å². The van der Waals surface area contributed by atoms with Gasteiger partial charge < -0.3 is 16.2 Å². The molecule has 1 fully saturated rings. The van der Waals surface area contributed by atoms with Crippen molar-refractivity contribution in [2.45, 2.75) is 26.7 Å². The van der Waals surface area contributed by atoms with Crippen molar-refractivity contribution in [2.24, 2.45) is 23.0 Å². The molecule has 0 aromatic heterocycles. The molecule has 1 rings (SSSR count). The maximum absolute atomic E-state index is 10.8. The number of carboxylic acid groups (broad SMARTS) is 1. The van der Waals surface area contributed by atoms with E-state index in [2.05, 4.69) is 19.2 Å². The van der Waals surface area contributed by atoms with Crippen LogP contribution < -0.4 is 11.1 Å². The monoisotopic (exact) mass is 214 g/mol. The Kier molecular flexibility index (Phi) is 3.21. The third-order valence-electron chi connectivity index (χ3n) is 3.62. The largest absolute Gasteiger partial charge is 0.465 e. The Morgan fingerprint density at radius 1 is 1.47 bits per heavy atom. The number of carbonyl (C=O) groups excluding carboxylic acids is 1. The number of amides is 2. The fraction of sp³-hybridized carbons (Fsp3) is 0.800. The highest BCUT2D eigenvalue weighted by Gasteiger charge is 2.47. The molecule has 0 spiro atoms.